The summed E-state index contributed by atoms with van der Waals surface area (Å²) < 4.78 is 20.1. The second-order valence-electron chi connectivity index (χ2n) is 7.37. The van der Waals surface area contributed by atoms with E-state index in [-0.39, 0.29) is 28.7 Å². The first-order valence-corrected chi connectivity index (χ1v) is 11.7. The van der Waals surface area contributed by atoms with Crippen LogP contribution in [0.15, 0.2) is 34.2 Å². The van der Waals surface area contributed by atoms with Gasteiger partial charge in [0.2, 0.25) is 0 Å². The average molecular weight is 461 g/mol. The van der Waals surface area contributed by atoms with E-state index >= 15 is 0 Å². The lowest BCUT2D eigenvalue weighted by molar-refractivity contribution is 0.210. The molecule has 1 amide bonds. The van der Waals surface area contributed by atoms with E-state index in [1.807, 2.05) is 26.0 Å². The van der Waals surface area contributed by atoms with Gasteiger partial charge < -0.3 is 19.9 Å². The maximum atomic E-state index is 13.4. The molecule has 3 aromatic rings. The molecule has 0 aliphatic rings. The lowest BCUT2D eigenvalue weighted by Gasteiger charge is -2.16. The van der Waals surface area contributed by atoms with Crippen LogP contribution in [0.5, 0.6) is 5.75 Å². The van der Waals surface area contributed by atoms with Crippen molar-refractivity contribution in [3.63, 3.8) is 0 Å². The van der Waals surface area contributed by atoms with Gasteiger partial charge in [0.05, 0.1) is 13.7 Å². The molecular weight excluding hydrogens is 432 g/mol. The van der Waals surface area contributed by atoms with Crippen LogP contribution in [0.25, 0.3) is 11.2 Å². The van der Waals surface area contributed by atoms with Crippen molar-refractivity contribution in [3.8, 4) is 5.75 Å². The molecule has 0 aliphatic carbocycles. The minimum absolute atomic E-state index is 0.0480. The Balaban J connectivity index is 2.21. The third-order valence-electron chi connectivity index (χ3n) is 4.94. The third kappa shape index (κ3) is 4.58. The molecule has 0 aliphatic heterocycles. The highest BCUT2D eigenvalue weighted by Crippen LogP contribution is 2.22. The number of hydrogen-bond donors (Lipinski definition) is 1. The number of anilines is 1. The molecule has 1 unspecified atom stereocenters. The van der Waals surface area contributed by atoms with Crippen LogP contribution in [0.1, 0.15) is 32.3 Å². The van der Waals surface area contributed by atoms with Crippen LogP contribution in [-0.4, -0.2) is 61.0 Å². The van der Waals surface area contributed by atoms with Gasteiger partial charge in [0.25, 0.3) is 0 Å². The number of fused-ring (bicyclic) bond motifs is 1. The van der Waals surface area contributed by atoms with Crippen LogP contribution in [0.4, 0.5) is 10.6 Å². The van der Waals surface area contributed by atoms with E-state index in [0.29, 0.717) is 24.5 Å². The Morgan fingerprint density at radius 2 is 1.91 bits per heavy atom. The van der Waals surface area contributed by atoms with Gasteiger partial charge in [-0.1, -0.05) is 26.0 Å². The second-order valence-corrected chi connectivity index (χ2v) is 8.83. The van der Waals surface area contributed by atoms with Gasteiger partial charge in [-0.2, -0.15) is 9.97 Å². The van der Waals surface area contributed by atoms with Crippen molar-refractivity contribution in [2.24, 2.45) is 0 Å². The van der Waals surface area contributed by atoms with Gasteiger partial charge in [0.1, 0.15) is 17.0 Å². The number of rotatable bonds is 8. The fourth-order valence-corrected chi connectivity index (χ4v) is 4.30. The largest absolute Gasteiger partial charge is 0.609 e. The third-order valence-corrected chi connectivity index (χ3v) is 6.31. The molecule has 172 valence electrons. The van der Waals surface area contributed by atoms with Gasteiger partial charge in [-0.15, -0.1) is 0 Å². The molecule has 32 heavy (non-hydrogen) atoms. The Bertz CT molecular complexity index is 1160. The summed E-state index contributed by atoms with van der Waals surface area (Å²) in [6.07, 6.45) is 1.40. The van der Waals surface area contributed by atoms with Crippen LogP contribution in [0, 0.1) is 0 Å². The summed E-state index contributed by atoms with van der Waals surface area (Å²) in [4.78, 5) is 36.5. The monoisotopic (exact) mass is 460 g/mol. The topological polar surface area (TPSA) is 131 Å². The van der Waals surface area contributed by atoms with E-state index in [4.69, 9.17) is 10.5 Å². The van der Waals surface area contributed by atoms with E-state index in [1.165, 1.54) is 9.47 Å². The molecule has 1 aromatic carbocycles. The summed E-state index contributed by atoms with van der Waals surface area (Å²) in [6, 6.07) is 6.68. The van der Waals surface area contributed by atoms with E-state index in [0.717, 1.165) is 16.6 Å². The smallest absolute Gasteiger partial charge is 0.346 e. The number of nitrogen functional groups attached to an aromatic ring is 1. The number of methoxy groups -OCH3 is 1. The summed E-state index contributed by atoms with van der Waals surface area (Å²) in [5.74, 6) is 0.994. The van der Waals surface area contributed by atoms with Gasteiger partial charge in [0, 0.05) is 24.8 Å². The highest BCUT2D eigenvalue weighted by molar-refractivity contribution is 7.91. The minimum Gasteiger partial charge on any atom is -0.609 e. The number of hydrogen-bond acceptors (Lipinski definition) is 7. The van der Waals surface area contributed by atoms with Crippen LogP contribution < -0.4 is 16.2 Å². The number of imidazole rings is 1. The number of nitrogens with two attached hydrogens (primary N) is 1. The van der Waals surface area contributed by atoms with Gasteiger partial charge in [0.15, 0.2) is 11.5 Å². The van der Waals surface area contributed by atoms with Crippen LogP contribution in [0.3, 0.4) is 0 Å². The minimum atomic E-state index is -1.47. The normalized spacial score (nSPS) is 12.2. The molecule has 11 heteroatoms. The van der Waals surface area contributed by atoms with Crippen LogP contribution >= 0.6 is 0 Å². The van der Waals surface area contributed by atoms with Crippen LogP contribution in [0.2, 0.25) is 0 Å². The molecule has 2 aromatic heterocycles. The van der Waals surface area contributed by atoms with Gasteiger partial charge in [-0.05, 0) is 30.5 Å². The molecule has 10 nitrogen and oxygen atoms in total. The Morgan fingerprint density at radius 3 is 2.50 bits per heavy atom. The summed E-state index contributed by atoms with van der Waals surface area (Å²) in [6.45, 7) is 4.45. The van der Waals surface area contributed by atoms with Crippen molar-refractivity contribution in [1.82, 2.24) is 24.0 Å². The lowest BCUT2D eigenvalue weighted by Crippen LogP contribution is -2.38. The molecule has 1 atom stereocenters. The zero-order chi connectivity index (χ0) is 23.4. The van der Waals surface area contributed by atoms with Crippen molar-refractivity contribution in [2.75, 3.05) is 32.2 Å². The van der Waals surface area contributed by atoms with Crippen molar-refractivity contribution in [1.29, 1.82) is 0 Å². The highest BCUT2D eigenvalue weighted by atomic mass is 32.2. The molecule has 0 saturated heterocycles. The first kappa shape index (κ1) is 23.6. The number of aromatic nitrogens is 4. The quantitative estimate of drug-likeness (QED) is 0.402. The number of nitrogens with zero attached hydrogens (tertiary/aromatic N) is 5. The summed E-state index contributed by atoms with van der Waals surface area (Å²) in [5, 5.41) is 0.0480. The van der Waals surface area contributed by atoms with Crippen molar-refractivity contribution >= 4 is 34.2 Å². The SMILES string of the molecule is CCCN(C)C(=O)n1c(=O)n(Cc2ccc(OC)cc2)c2nc([S+]([O-])CCC)nc(N)c21. The van der Waals surface area contributed by atoms with E-state index in [2.05, 4.69) is 9.97 Å². The molecule has 0 bridgehead atoms. The molecule has 0 radical (unpaired) electrons. The van der Waals surface area contributed by atoms with E-state index in [9.17, 15) is 14.1 Å². The number of amides is 1. The Morgan fingerprint density at radius 1 is 1.22 bits per heavy atom. The van der Waals surface area contributed by atoms with Gasteiger partial charge in [-0.3, -0.25) is 4.57 Å². The lowest BCUT2D eigenvalue weighted by atomic mass is 10.2. The van der Waals surface area contributed by atoms with Gasteiger partial charge in [-0.25, -0.2) is 14.2 Å². The standard InChI is InChI=1S/C21H28N6O4S/c1-5-11-25(3)20(28)27-16-17(22)23-19(32(30)12-6-2)24-18(16)26(21(27)29)13-14-7-9-15(31-4)10-8-14/h7-10H,5-6,11-13H2,1-4H3,(H2,22,23,24). The maximum Gasteiger partial charge on any atom is 0.346 e. The Hall–Kier alpha value is -3.05. The van der Waals surface area contributed by atoms with Crippen molar-refractivity contribution in [2.45, 2.75) is 38.4 Å². The molecular formula is C21H28N6O4S. The Labute approximate surface area is 189 Å². The highest BCUT2D eigenvalue weighted by Gasteiger charge is 2.27. The Kier molecular flexibility index (Phi) is 7.41. The molecule has 0 spiro atoms. The zero-order valence-corrected chi connectivity index (χ0v) is 19.5. The molecule has 2 heterocycles. The summed E-state index contributed by atoms with van der Waals surface area (Å²) >= 11 is -1.47. The zero-order valence-electron chi connectivity index (χ0n) is 18.7. The molecule has 0 saturated carbocycles. The summed E-state index contributed by atoms with van der Waals surface area (Å²) in [5.41, 5.74) is 6.69. The average Bonchev–Trinajstić information content (AvgIpc) is 3.06. The number of benzene rings is 1. The maximum absolute atomic E-state index is 13.4. The first-order chi connectivity index (χ1) is 15.3. The number of ether oxygens (including phenoxy) is 1. The first-order valence-electron chi connectivity index (χ1n) is 10.4. The summed E-state index contributed by atoms with van der Waals surface area (Å²) in [7, 11) is 3.19. The predicted octanol–water partition coefficient (Wildman–Crippen LogP) is 2.06. The predicted molar refractivity (Wildman–Crippen MR) is 124 cm³/mol. The fourth-order valence-electron chi connectivity index (χ4n) is 3.36. The van der Waals surface area contributed by atoms with Crippen LogP contribution in [-0.2, 0) is 17.7 Å². The number of carbonyl (C=O) groups is 1. The molecule has 2 N–H and O–H groups in total. The van der Waals surface area contributed by atoms with Crippen molar-refractivity contribution in [3.05, 3.63) is 40.3 Å². The second kappa shape index (κ2) is 10.0. The van der Waals surface area contributed by atoms with E-state index < -0.39 is 22.9 Å². The van der Waals surface area contributed by atoms with Crippen molar-refractivity contribution < 1.29 is 14.1 Å². The van der Waals surface area contributed by atoms with E-state index in [1.54, 1.807) is 26.3 Å². The fraction of sp³-hybridized carbons (Fsp3) is 0.429. The number of carbonyl (C=O) groups excluding carboxylic acids is 1. The molecule has 3 rings (SSSR count). The molecule has 0 fully saturated rings. The van der Waals surface area contributed by atoms with Gasteiger partial charge >= 0.3 is 16.9 Å².